The highest BCUT2D eigenvalue weighted by atomic mass is 19.3. The molecule has 4 heteroatoms. The van der Waals surface area contributed by atoms with Crippen molar-refractivity contribution in [3.8, 4) is 5.75 Å². The van der Waals surface area contributed by atoms with Crippen molar-refractivity contribution in [1.29, 1.82) is 0 Å². The van der Waals surface area contributed by atoms with Crippen LogP contribution in [0.1, 0.15) is 25.8 Å². The van der Waals surface area contributed by atoms with Gasteiger partial charge in [-0.2, -0.15) is 8.78 Å². The lowest BCUT2D eigenvalue weighted by atomic mass is 9.98. The third-order valence-corrected chi connectivity index (χ3v) is 2.42. The molecule has 17 heavy (non-hydrogen) atoms. The molecule has 1 aromatic rings. The standard InChI is InChI=1S/C13H19F2NO/c1-9(2)7-11(16)8-10-3-5-12(6-4-10)17-13(14)15/h3-6,9,11,13H,7-8,16H2,1-2H3. The van der Waals surface area contributed by atoms with E-state index in [1.54, 1.807) is 24.3 Å². The lowest BCUT2D eigenvalue weighted by Crippen LogP contribution is -2.24. The van der Waals surface area contributed by atoms with Crippen molar-refractivity contribution < 1.29 is 13.5 Å². The zero-order valence-corrected chi connectivity index (χ0v) is 10.2. The molecule has 1 aromatic carbocycles. The van der Waals surface area contributed by atoms with E-state index in [2.05, 4.69) is 18.6 Å². The topological polar surface area (TPSA) is 35.2 Å². The van der Waals surface area contributed by atoms with Gasteiger partial charge in [-0.3, -0.25) is 0 Å². The van der Waals surface area contributed by atoms with E-state index < -0.39 is 6.61 Å². The lowest BCUT2D eigenvalue weighted by Gasteiger charge is -2.14. The van der Waals surface area contributed by atoms with Gasteiger partial charge in [-0.05, 0) is 36.5 Å². The van der Waals surface area contributed by atoms with Crippen molar-refractivity contribution in [2.45, 2.75) is 39.3 Å². The fourth-order valence-corrected chi connectivity index (χ4v) is 1.80. The third kappa shape index (κ3) is 5.63. The minimum atomic E-state index is -2.77. The number of benzene rings is 1. The summed E-state index contributed by atoms with van der Waals surface area (Å²) in [6, 6.07) is 6.75. The molecule has 0 heterocycles. The maximum Gasteiger partial charge on any atom is 0.387 e. The highest BCUT2D eigenvalue weighted by Gasteiger charge is 2.08. The van der Waals surface area contributed by atoms with Gasteiger partial charge < -0.3 is 10.5 Å². The second-order valence-corrected chi connectivity index (χ2v) is 4.62. The molecule has 1 unspecified atom stereocenters. The van der Waals surface area contributed by atoms with Gasteiger partial charge in [0.15, 0.2) is 0 Å². The van der Waals surface area contributed by atoms with E-state index in [9.17, 15) is 8.78 Å². The van der Waals surface area contributed by atoms with Crippen LogP contribution in [-0.4, -0.2) is 12.7 Å². The van der Waals surface area contributed by atoms with Crippen LogP contribution in [0.5, 0.6) is 5.75 Å². The van der Waals surface area contributed by atoms with Crippen molar-refractivity contribution in [3.05, 3.63) is 29.8 Å². The predicted molar refractivity (Wildman–Crippen MR) is 64.2 cm³/mol. The van der Waals surface area contributed by atoms with Crippen molar-refractivity contribution >= 4 is 0 Å². The second-order valence-electron chi connectivity index (χ2n) is 4.62. The van der Waals surface area contributed by atoms with E-state index in [-0.39, 0.29) is 11.8 Å². The average Bonchev–Trinajstić information content (AvgIpc) is 2.18. The molecule has 0 spiro atoms. The van der Waals surface area contributed by atoms with Gasteiger partial charge in [0.2, 0.25) is 0 Å². The minimum Gasteiger partial charge on any atom is -0.435 e. The fraction of sp³-hybridized carbons (Fsp3) is 0.538. The van der Waals surface area contributed by atoms with Crippen LogP contribution >= 0.6 is 0 Å². The van der Waals surface area contributed by atoms with Gasteiger partial charge in [-0.1, -0.05) is 26.0 Å². The first-order valence-electron chi connectivity index (χ1n) is 5.76. The Morgan fingerprint density at radius 2 is 1.76 bits per heavy atom. The van der Waals surface area contributed by atoms with Gasteiger partial charge in [0, 0.05) is 6.04 Å². The molecule has 0 saturated heterocycles. The van der Waals surface area contributed by atoms with Crippen LogP contribution < -0.4 is 10.5 Å². The normalized spacial score (nSPS) is 13.1. The van der Waals surface area contributed by atoms with Crippen LogP contribution in [0.3, 0.4) is 0 Å². The van der Waals surface area contributed by atoms with E-state index >= 15 is 0 Å². The average molecular weight is 243 g/mol. The molecule has 1 atom stereocenters. The Labute approximate surface area is 101 Å². The molecule has 0 aliphatic rings. The Balaban J connectivity index is 2.50. The van der Waals surface area contributed by atoms with Crippen molar-refractivity contribution in [2.75, 3.05) is 0 Å². The van der Waals surface area contributed by atoms with Crippen LogP contribution in [0.2, 0.25) is 0 Å². The summed E-state index contributed by atoms with van der Waals surface area (Å²) < 4.78 is 28.1. The molecule has 96 valence electrons. The summed E-state index contributed by atoms with van der Waals surface area (Å²) in [5.41, 5.74) is 7.02. The quantitative estimate of drug-likeness (QED) is 0.832. The number of ether oxygens (including phenoxy) is 1. The molecule has 2 N–H and O–H groups in total. The zero-order valence-electron chi connectivity index (χ0n) is 10.2. The molecule has 0 saturated carbocycles. The smallest absolute Gasteiger partial charge is 0.387 e. The Morgan fingerprint density at radius 3 is 2.24 bits per heavy atom. The number of rotatable bonds is 6. The first-order valence-corrected chi connectivity index (χ1v) is 5.76. The fourth-order valence-electron chi connectivity index (χ4n) is 1.80. The Bertz CT molecular complexity index is 325. The first kappa shape index (κ1) is 13.9. The second kappa shape index (κ2) is 6.55. The summed E-state index contributed by atoms with van der Waals surface area (Å²) in [5.74, 6) is 0.743. The number of alkyl halides is 2. The van der Waals surface area contributed by atoms with Gasteiger partial charge in [-0.15, -0.1) is 0 Å². The van der Waals surface area contributed by atoms with Gasteiger partial charge in [0.25, 0.3) is 0 Å². The zero-order chi connectivity index (χ0) is 12.8. The Hall–Kier alpha value is -1.16. The largest absolute Gasteiger partial charge is 0.435 e. The van der Waals surface area contributed by atoms with Crippen molar-refractivity contribution in [3.63, 3.8) is 0 Å². The molecule has 0 amide bonds. The lowest BCUT2D eigenvalue weighted by molar-refractivity contribution is -0.0498. The Kier molecular flexibility index (Phi) is 5.35. The SMILES string of the molecule is CC(C)CC(N)Cc1ccc(OC(F)F)cc1. The highest BCUT2D eigenvalue weighted by Crippen LogP contribution is 2.16. The summed E-state index contributed by atoms with van der Waals surface area (Å²) in [5, 5.41) is 0. The number of hydrogen-bond donors (Lipinski definition) is 1. The number of halogens is 2. The summed E-state index contributed by atoms with van der Waals surface area (Å²) in [7, 11) is 0. The molecule has 1 rings (SSSR count). The first-order chi connectivity index (χ1) is 7.97. The Morgan fingerprint density at radius 1 is 1.18 bits per heavy atom. The van der Waals surface area contributed by atoms with E-state index in [0.717, 1.165) is 18.4 Å². The molecule has 0 aliphatic carbocycles. The summed E-state index contributed by atoms with van der Waals surface area (Å²) >= 11 is 0. The maximum atomic E-state index is 11.9. The number of hydrogen-bond acceptors (Lipinski definition) is 2. The van der Waals surface area contributed by atoms with Crippen LogP contribution in [-0.2, 0) is 6.42 Å². The summed E-state index contributed by atoms with van der Waals surface area (Å²) in [6.07, 6.45) is 1.71. The summed E-state index contributed by atoms with van der Waals surface area (Å²) in [6.45, 7) is 1.47. The molecule has 2 nitrogen and oxygen atoms in total. The van der Waals surface area contributed by atoms with E-state index in [1.165, 1.54) is 0 Å². The van der Waals surface area contributed by atoms with Crippen LogP contribution in [0.25, 0.3) is 0 Å². The van der Waals surface area contributed by atoms with Crippen molar-refractivity contribution in [2.24, 2.45) is 11.7 Å². The molecule has 0 bridgehead atoms. The molecule has 0 aromatic heterocycles. The van der Waals surface area contributed by atoms with Gasteiger partial charge in [-0.25, -0.2) is 0 Å². The number of nitrogens with two attached hydrogens (primary N) is 1. The monoisotopic (exact) mass is 243 g/mol. The molecular formula is C13H19F2NO. The minimum absolute atomic E-state index is 0.108. The van der Waals surface area contributed by atoms with E-state index in [4.69, 9.17) is 5.73 Å². The molecular weight excluding hydrogens is 224 g/mol. The van der Waals surface area contributed by atoms with Crippen LogP contribution in [0.4, 0.5) is 8.78 Å². The molecule has 0 fully saturated rings. The van der Waals surface area contributed by atoms with Crippen LogP contribution in [0.15, 0.2) is 24.3 Å². The van der Waals surface area contributed by atoms with Crippen molar-refractivity contribution in [1.82, 2.24) is 0 Å². The van der Waals surface area contributed by atoms with Crippen LogP contribution in [0, 0.1) is 5.92 Å². The predicted octanol–water partition coefficient (Wildman–Crippen LogP) is 3.20. The third-order valence-electron chi connectivity index (χ3n) is 2.42. The highest BCUT2D eigenvalue weighted by molar-refractivity contribution is 5.27. The molecule has 0 aliphatic heterocycles. The van der Waals surface area contributed by atoms with E-state index in [0.29, 0.717) is 5.92 Å². The van der Waals surface area contributed by atoms with Gasteiger partial charge in [0.05, 0.1) is 0 Å². The maximum absolute atomic E-state index is 11.9. The molecule has 0 radical (unpaired) electrons. The van der Waals surface area contributed by atoms with E-state index in [1.807, 2.05) is 0 Å². The van der Waals surface area contributed by atoms with Gasteiger partial charge >= 0.3 is 6.61 Å². The van der Waals surface area contributed by atoms with Gasteiger partial charge in [0.1, 0.15) is 5.75 Å². The summed E-state index contributed by atoms with van der Waals surface area (Å²) in [4.78, 5) is 0.